The van der Waals surface area contributed by atoms with Crippen molar-refractivity contribution < 1.29 is 27.8 Å². The fourth-order valence-corrected chi connectivity index (χ4v) is 4.62. The van der Waals surface area contributed by atoms with Gasteiger partial charge in [0.1, 0.15) is 11.6 Å². The highest BCUT2D eigenvalue weighted by Crippen LogP contribution is 2.56. The molecule has 0 saturated carbocycles. The molecule has 4 rings (SSSR count). The van der Waals surface area contributed by atoms with Crippen LogP contribution >= 0.6 is 11.6 Å². The molecule has 1 aromatic heterocycles. The number of anilines is 1. The number of aliphatic hydroxyl groups is 1. The second-order valence-corrected chi connectivity index (χ2v) is 8.32. The first-order valence-corrected chi connectivity index (χ1v) is 10.2. The van der Waals surface area contributed by atoms with E-state index >= 15 is 0 Å². The zero-order valence-electron chi connectivity index (χ0n) is 16.7. The van der Waals surface area contributed by atoms with E-state index in [4.69, 9.17) is 11.6 Å². The van der Waals surface area contributed by atoms with Crippen LogP contribution in [0.2, 0.25) is 5.02 Å². The van der Waals surface area contributed by atoms with Crippen LogP contribution in [-0.2, 0) is 0 Å². The highest BCUT2D eigenvalue weighted by atomic mass is 35.5. The number of phenols is 1. The van der Waals surface area contributed by atoms with E-state index in [1.165, 1.54) is 24.3 Å². The number of aromatic nitrogens is 1. The molecule has 1 heterocycles. The van der Waals surface area contributed by atoms with Crippen molar-refractivity contribution in [1.82, 2.24) is 4.98 Å². The monoisotopic (exact) mass is 470 g/mol. The van der Waals surface area contributed by atoms with Gasteiger partial charge < -0.3 is 20.5 Å². The number of aromatic hydroxyl groups is 1. The molecule has 0 bridgehead atoms. The van der Waals surface area contributed by atoms with Crippen LogP contribution in [0.1, 0.15) is 42.9 Å². The number of hydrogen-bond acceptors (Lipinski definition) is 4. The lowest BCUT2D eigenvalue weighted by atomic mass is 9.69. The Kier molecular flexibility index (Phi) is 5.37. The predicted octanol–water partition coefficient (Wildman–Crippen LogP) is 5.37. The fraction of sp³-hybridized carbons (Fsp3) is 0.318. The summed E-state index contributed by atoms with van der Waals surface area (Å²) in [6.45, 7) is 1.66. The molecule has 3 atom stereocenters. The summed E-state index contributed by atoms with van der Waals surface area (Å²) in [5, 5.41) is 24.3. The highest BCUT2D eigenvalue weighted by Gasteiger charge is 2.62. The standard InChI is InChI=1S/C22H19ClF4N2O3/c1-2-10-9-21(32,22(25,26)27)20(12-3-5-13(23)19(31)17(10)12)28-15-7-6-14(24)18-11(15)4-8-16(30)29-18/h3-8,10,20,28,31-32H,2,9H2,1H3,(H,29,30)/t10-,20-,21-/m0/s1. The number of hydrogen-bond donors (Lipinski definition) is 4. The molecule has 0 spiro atoms. The Hall–Kier alpha value is -2.78. The van der Waals surface area contributed by atoms with Crippen LogP contribution in [0.5, 0.6) is 5.75 Å². The second kappa shape index (κ2) is 7.67. The number of aromatic amines is 1. The molecule has 5 nitrogen and oxygen atoms in total. The number of nitrogens with one attached hydrogen (secondary N) is 2. The van der Waals surface area contributed by atoms with Crippen molar-refractivity contribution in [3.63, 3.8) is 0 Å². The quantitative estimate of drug-likeness (QED) is 0.388. The van der Waals surface area contributed by atoms with Gasteiger partial charge in [-0.1, -0.05) is 24.6 Å². The minimum Gasteiger partial charge on any atom is -0.506 e. The summed E-state index contributed by atoms with van der Waals surface area (Å²) in [7, 11) is 0. The summed E-state index contributed by atoms with van der Waals surface area (Å²) in [4.78, 5) is 13.9. The van der Waals surface area contributed by atoms with E-state index in [1.807, 2.05) is 0 Å². The summed E-state index contributed by atoms with van der Waals surface area (Å²) >= 11 is 6.02. The maximum absolute atomic E-state index is 14.2. The number of halogens is 5. The van der Waals surface area contributed by atoms with E-state index in [0.717, 1.165) is 12.1 Å². The van der Waals surface area contributed by atoms with Gasteiger partial charge in [-0.15, -0.1) is 0 Å². The van der Waals surface area contributed by atoms with Crippen molar-refractivity contribution >= 4 is 28.2 Å². The molecule has 0 amide bonds. The number of H-pyrrole nitrogens is 1. The van der Waals surface area contributed by atoms with Crippen molar-refractivity contribution in [2.75, 3.05) is 5.32 Å². The molecule has 170 valence electrons. The van der Waals surface area contributed by atoms with Gasteiger partial charge in [-0.2, -0.15) is 13.2 Å². The van der Waals surface area contributed by atoms with Gasteiger partial charge in [0.15, 0.2) is 5.60 Å². The van der Waals surface area contributed by atoms with Crippen molar-refractivity contribution in [1.29, 1.82) is 0 Å². The minimum atomic E-state index is -5.02. The van der Waals surface area contributed by atoms with E-state index in [2.05, 4.69) is 10.3 Å². The normalized spacial score (nSPS) is 23.2. The first kappa shape index (κ1) is 22.4. The van der Waals surface area contributed by atoms with Crippen LogP contribution in [0, 0.1) is 5.82 Å². The summed E-state index contributed by atoms with van der Waals surface area (Å²) in [6, 6.07) is 5.50. The van der Waals surface area contributed by atoms with Gasteiger partial charge >= 0.3 is 6.18 Å². The zero-order valence-corrected chi connectivity index (χ0v) is 17.5. The lowest BCUT2D eigenvalue weighted by Crippen LogP contribution is -2.55. The number of rotatable bonds is 3. The third-order valence-corrected chi connectivity index (χ3v) is 6.39. The Labute approximate surface area is 184 Å². The van der Waals surface area contributed by atoms with Crippen molar-refractivity contribution in [3.05, 3.63) is 68.7 Å². The Bertz CT molecular complexity index is 1260. The maximum Gasteiger partial charge on any atom is 0.419 e. The average Bonchev–Trinajstić information content (AvgIpc) is 2.73. The van der Waals surface area contributed by atoms with Crippen LogP contribution in [0.4, 0.5) is 23.2 Å². The molecule has 0 radical (unpaired) electrons. The third-order valence-electron chi connectivity index (χ3n) is 6.08. The van der Waals surface area contributed by atoms with Gasteiger partial charge in [0.05, 0.1) is 16.6 Å². The molecule has 3 aromatic rings. The third kappa shape index (κ3) is 3.40. The van der Waals surface area contributed by atoms with Crippen molar-refractivity contribution in [3.8, 4) is 5.75 Å². The Morgan fingerprint density at radius 1 is 1.22 bits per heavy atom. The summed E-state index contributed by atoms with van der Waals surface area (Å²) in [6.07, 6.45) is -5.50. The Morgan fingerprint density at radius 3 is 2.59 bits per heavy atom. The summed E-state index contributed by atoms with van der Waals surface area (Å²) in [5.41, 5.74) is -3.61. The molecule has 0 aliphatic heterocycles. The molecule has 2 aromatic carbocycles. The molecule has 0 unspecified atom stereocenters. The molecular weight excluding hydrogens is 452 g/mol. The number of fused-ring (bicyclic) bond motifs is 2. The molecule has 32 heavy (non-hydrogen) atoms. The molecule has 1 aliphatic carbocycles. The van der Waals surface area contributed by atoms with E-state index in [-0.39, 0.29) is 44.9 Å². The first-order chi connectivity index (χ1) is 15.0. The molecule has 0 fully saturated rings. The van der Waals surface area contributed by atoms with Gasteiger partial charge in [0, 0.05) is 22.7 Å². The van der Waals surface area contributed by atoms with Gasteiger partial charge in [-0.3, -0.25) is 4.79 Å². The molecule has 4 N–H and O–H groups in total. The SMILES string of the molecule is CC[C@H]1C[C@@](O)(C(F)(F)F)[C@@H](Nc2ccc(F)c3[nH]c(=O)ccc23)c2ccc(Cl)c(O)c21. The smallest absolute Gasteiger partial charge is 0.419 e. The zero-order chi connectivity index (χ0) is 23.4. The molecule has 10 heteroatoms. The largest absolute Gasteiger partial charge is 0.506 e. The summed E-state index contributed by atoms with van der Waals surface area (Å²) in [5.74, 6) is -1.89. The van der Waals surface area contributed by atoms with Gasteiger partial charge in [-0.25, -0.2) is 4.39 Å². The van der Waals surface area contributed by atoms with Crippen molar-refractivity contribution in [2.45, 2.75) is 43.5 Å². The minimum absolute atomic E-state index is 0.0109. The van der Waals surface area contributed by atoms with Crippen LogP contribution < -0.4 is 10.9 Å². The lowest BCUT2D eigenvalue weighted by Gasteiger charge is -2.46. The van der Waals surface area contributed by atoms with Gasteiger partial charge in [0.2, 0.25) is 5.56 Å². The van der Waals surface area contributed by atoms with Crippen molar-refractivity contribution in [2.24, 2.45) is 0 Å². The van der Waals surface area contributed by atoms with Crippen LogP contribution in [-0.4, -0.2) is 27.0 Å². The first-order valence-electron chi connectivity index (χ1n) is 9.86. The average molecular weight is 471 g/mol. The van der Waals surface area contributed by atoms with Crippen LogP contribution in [0.25, 0.3) is 10.9 Å². The van der Waals surface area contributed by atoms with Crippen LogP contribution in [0.3, 0.4) is 0 Å². The van der Waals surface area contributed by atoms with Gasteiger partial charge in [0.25, 0.3) is 0 Å². The molecule has 1 aliphatic rings. The van der Waals surface area contributed by atoms with E-state index in [1.54, 1.807) is 6.92 Å². The highest BCUT2D eigenvalue weighted by molar-refractivity contribution is 6.32. The summed E-state index contributed by atoms with van der Waals surface area (Å²) < 4.78 is 56.8. The fourth-order valence-electron chi connectivity index (χ4n) is 4.45. The molecular formula is C22H19ClF4N2O3. The number of pyridine rings is 1. The van der Waals surface area contributed by atoms with Gasteiger partial charge in [-0.05, 0) is 48.6 Å². The molecule has 0 saturated heterocycles. The lowest BCUT2D eigenvalue weighted by molar-refractivity contribution is -0.272. The predicted molar refractivity (Wildman–Crippen MR) is 113 cm³/mol. The number of phenolic OH excluding ortho intramolecular Hbond substituents is 1. The number of benzene rings is 2. The Balaban J connectivity index is 1.95. The van der Waals surface area contributed by atoms with E-state index in [0.29, 0.717) is 0 Å². The Morgan fingerprint density at radius 2 is 1.94 bits per heavy atom. The number of alkyl halides is 3. The van der Waals surface area contributed by atoms with E-state index in [9.17, 15) is 32.6 Å². The van der Waals surface area contributed by atoms with E-state index < -0.39 is 41.5 Å². The maximum atomic E-state index is 14.2. The second-order valence-electron chi connectivity index (χ2n) is 7.91. The van der Waals surface area contributed by atoms with Crippen LogP contribution in [0.15, 0.2) is 41.2 Å². The topological polar surface area (TPSA) is 85.4 Å².